The SMILES string of the molecule is C#Cc1c2ccc(c1C#C)CCc1ccc(cc1)CC2. The minimum atomic E-state index is 0.917. The lowest BCUT2D eigenvalue weighted by atomic mass is 9.89. The highest BCUT2D eigenvalue weighted by Crippen LogP contribution is 2.23. The van der Waals surface area contributed by atoms with Crippen molar-refractivity contribution >= 4 is 0 Å². The van der Waals surface area contributed by atoms with Gasteiger partial charge in [-0.05, 0) is 47.9 Å². The zero-order chi connectivity index (χ0) is 13.9. The van der Waals surface area contributed by atoms with Gasteiger partial charge in [-0.1, -0.05) is 48.2 Å². The molecule has 6 rings (SSSR count). The van der Waals surface area contributed by atoms with Gasteiger partial charge in [0.05, 0.1) is 0 Å². The van der Waals surface area contributed by atoms with Crippen LogP contribution < -0.4 is 0 Å². The highest BCUT2D eigenvalue weighted by Gasteiger charge is 2.12. The number of aryl methyl sites for hydroxylation is 4. The van der Waals surface area contributed by atoms with Gasteiger partial charge in [-0.2, -0.15) is 0 Å². The molecule has 2 aromatic rings. The quantitative estimate of drug-likeness (QED) is 0.633. The average molecular weight is 256 g/mol. The smallest absolute Gasteiger partial charge is 0.0434 e. The zero-order valence-electron chi connectivity index (χ0n) is 11.4. The van der Waals surface area contributed by atoms with Gasteiger partial charge in [-0.25, -0.2) is 0 Å². The molecule has 0 aliphatic heterocycles. The van der Waals surface area contributed by atoms with E-state index in [1.165, 1.54) is 22.3 Å². The van der Waals surface area contributed by atoms with Gasteiger partial charge in [-0.15, -0.1) is 12.8 Å². The lowest BCUT2D eigenvalue weighted by Gasteiger charge is -2.14. The molecule has 0 radical (unpaired) electrons. The molecular weight excluding hydrogens is 240 g/mol. The second kappa shape index (κ2) is 5.28. The van der Waals surface area contributed by atoms with Crippen molar-refractivity contribution in [2.45, 2.75) is 25.7 Å². The molecule has 96 valence electrons. The zero-order valence-corrected chi connectivity index (χ0v) is 11.4. The summed E-state index contributed by atoms with van der Waals surface area (Å²) in [5, 5.41) is 0. The fraction of sp³-hybridized carbons (Fsp3) is 0.200. The van der Waals surface area contributed by atoms with E-state index < -0.39 is 0 Å². The van der Waals surface area contributed by atoms with Crippen molar-refractivity contribution in [1.82, 2.24) is 0 Å². The van der Waals surface area contributed by atoms with Gasteiger partial charge in [0.2, 0.25) is 0 Å². The van der Waals surface area contributed by atoms with Crippen molar-refractivity contribution in [3.63, 3.8) is 0 Å². The Balaban J connectivity index is 2.13. The van der Waals surface area contributed by atoms with E-state index in [-0.39, 0.29) is 0 Å². The molecule has 4 aliphatic carbocycles. The second-order valence-corrected chi connectivity index (χ2v) is 5.24. The number of hydrogen-bond donors (Lipinski definition) is 0. The third-order valence-corrected chi connectivity index (χ3v) is 4.06. The maximum Gasteiger partial charge on any atom is 0.0434 e. The lowest BCUT2D eigenvalue weighted by Crippen LogP contribution is -2.04. The average Bonchev–Trinajstić information content (AvgIpc) is 2.49. The first-order valence-corrected chi connectivity index (χ1v) is 6.97. The summed E-state index contributed by atoms with van der Waals surface area (Å²) in [6, 6.07) is 13.2. The van der Waals surface area contributed by atoms with Crippen LogP contribution in [0, 0.1) is 24.7 Å². The van der Waals surface area contributed by atoms with Crippen LogP contribution in [-0.4, -0.2) is 0 Å². The maximum absolute atomic E-state index is 5.70. The summed E-state index contributed by atoms with van der Waals surface area (Å²) >= 11 is 0. The van der Waals surface area contributed by atoms with Crippen LogP contribution in [0.2, 0.25) is 0 Å². The molecule has 0 atom stereocenters. The summed E-state index contributed by atoms with van der Waals surface area (Å²) in [6.45, 7) is 0. The van der Waals surface area contributed by atoms with Crippen LogP contribution in [0.5, 0.6) is 0 Å². The van der Waals surface area contributed by atoms with E-state index in [2.05, 4.69) is 48.2 Å². The summed E-state index contributed by atoms with van der Waals surface area (Å²) in [4.78, 5) is 0. The van der Waals surface area contributed by atoms with Gasteiger partial charge >= 0.3 is 0 Å². The van der Waals surface area contributed by atoms with E-state index >= 15 is 0 Å². The number of hydrogen-bond acceptors (Lipinski definition) is 0. The molecular formula is C20H16. The Labute approximate surface area is 120 Å². The summed E-state index contributed by atoms with van der Waals surface area (Å²) in [5.41, 5.74) is 6.91. The van der Waals surface area contributed by atoms with Gasteiger partial charge in [0, 0.05) is 11.1 Å². The van der Waals surface area contributed by atoms with Crippen LogP contribution in [-0.2, 0) is 25.7 Å². The molecule has 0 aromatic heterocycles. The van der Waals surface area contributed by atoms with Crippen LogP contribution in [0.25, 0.3) is 0 Å². The second-order valence-electron chi connectivity index (χ2n) is 5.24. The first-order valence-electron chi connectivity index (χ1n) is 6.97. The molecule has 0 saturated heterocycles. The summed E-state index contributed by atoms with van der Waals surface area (Å²) in [7, 11) is 0. The summed E-state index contributed by atoms with van der Waals surface area (Å²) in [5.74, 6) is 5.62. The van der Waals surface area contributed by atoms with Crippen LogP contribution in [0.15, 0.2) is 36.4 Å². The van der Waals surface area contributed by atoms with Gasteiger partial charge in [-0.3, -0.25) is 0 Å². The Morgan fingerprint density at radius 1 is 0.600 bits per heavy atom. The Hall–Kier alpha value is -2.44. The molecule has 0 saturated carbocycles. The van der Waals surface area contributed by atoms with Gasteiger partial charge in [0.25, 0.3) is 0 Å². The number of benzene rings is 2. The molecule has 0 N–H and O–H groups in total. The molecule has 2 aromatic carbocycles. The van der Waals surface area contributed by atoms with Gasteiger partial charge < -0.3 is 0 Å². The van der Waals surface area contributed by atoms with Crippen molar-refractivity contribution in [2.75, 3.05) is 0 Å². The Kier molecular flexibility index (Phi) is 3.32. The number of rotatable bonds is 0. The Bertz CT molecular complexity index is 654. The van der Waals surface area contributed by atoms with E-state index in [9.17, 15) is 0 Å². The van der Waals surface area contributed by atoms with Crippen LogP contribution in [0.1, 0.15) is 33.4 Å². The van der Waals surface area contributed by atoms with Gasteiger partial charge in [0.15, 0.2) is 0 Å². The standard InChI is InChI=1S/C20H16/c1-3-19-17-11-9-15-5-7-16(8-6-15)10-12-18(14-13-17)20(19)4-2/h1-2,5-8,13-14H,9-12H2. The molecule has 0 fully saturated rings. The van der Waals surface area contributed by atoms with Crippen molar-refractivity contribution < 1.29 is 0 Å². The topological polar surface area (TPSA) is 0 Å². The van der Waals surface area contributed by atoms with Crippen molar-refractivity contribution in [3.05, 3.63) is 69.8 Å². The van der Waals surface area contributed by atoms with Crippen LogP contribution in [0.4, 0.5) is 0 Å². The van der Waals surface area contributed by atoms with Crippen LogP contribution >= 0.6 is 0 Å². The third-order valence-electron chi connectivity index (χ3n) is 4.06. The van der Waals surface area contributed by atoms with E-state index in [4.69, 9.17) is 12.8 Å². The molecule has 0 heteroatoms. The minimum Gasteiger partial charge on any atom is -0.115 e. The molecule has 0 spiro atoms. The molecule has 0 heterocycles. The first-order chi connectivity index (χ1) is 9.81. The molecule has 4 bridgehead atoms. The Morgan fingerprint density at radius 2 is 1.00 bits per heavy atom. The number of terminal acetylenes is 2. The van der Waals surface area contributed by atoms with Crippen molar-refractivity contribution in [1.29, 1.82) is 0 Å². The predicted molar refractivity (Wildman–Crippen MR) is 83.6 cm³/mol. The van der Waals surface area contributed by atoms with Crippen molar-refractivity contribution in [2.24, 2.45) is 0 Å². The van der Waals surface area contributed by atoms with E-state index in [0.29, 0.717) is 0 Å². The predicted octanol–water partition coefficient (Wildman–Crippen LogP) is 3.53. The first kappa shape index (κ1) is 12.6. The molecule has 0 amide bonds. The third kappa shape index (κ3) is 2.22. The highest BCUT2D eigenvalue weighted by molar-refractivity contribution is 5.57. The molecule has 0 nitrogen and oxygen atoms in total. The minimum absolute atomic E-state index is 0.917. The fourth-order valence-electron chi connectivity index (χ4n) is 2.87. The van der Waals surface area contributed by atoms with Crippen molar-refractivity contribution in [3.8, 4) is 24.7 Å². The molecule has 20 heavy (non-hydrogen) atoms. The van der Waals surface area contributed by atoms with E-state index in [1.54, 1.807) is 0 Å². The normalized spacial score (nSPS) is 13.1. The Morgan fingerprint density at radius 3 is 1.35 bits per heavy atom. The summed E-state index contributed by atoms with van der Waals surface area (Å²) < 4.78 is 0. The monoisotopic (exact) mass is 256 g/mol. The van der Waals surface area contributed by atoms with Gasteiger partial charge in [0.1, 0.15) is 0 Å². The van der Waals surface area contributed by atoms with Crippen LogP contribution in [0.3, 0.4) is 0 Å². The summed E-state index contributed by atoms with van der Waals surface area (Å²) in [6.07, 6.45) is 15.3. The maximum atomic E-state index is 5.70. The molecule has 0 unspecified atom stereocenters. The highest BCUT2D eigenvalue weighted by atomic mass is 14.1. The van der Waals surface area contributed by atoms with E-state index in [1.807, 2.05) is 0 Å². The fourth-order valence-corrected chi connectivity index (χ4v) is 2.87. The van der Waals surface area contributed by atoms with E-state index in [0.717, 1.165) is 36.8 Å². The lowest BCUT2D eigenvalue weighted by molar-refractivity contribution is 0.915. The molecule has 4 aliphatic rings. The largest absolute Gasteiger partial charge is 0.115 e.